The van der Waals surface area contributed by atoms with Crippen LogP contribution in [0, 0.1) is 0 Å². The van der Waals surface area contributed by atoms with E-state index in [1.54, 1.807) is 28.9 Å². The van der Waals surface area contributed by atoms with Crippen LogP contribution in [0.2, 0.25) is 0 Å². The Bertz CT molecular complexity index is 884. The summed E-state index contributed by atoms with van der Waals surface area (Å²) < 4.78 is 1.76. The van der Waals surface area contributed by atoms with Gasteiger partial charge >= 0.3 is 0 Å². The van der Waals surface area contributed by atoms with Gasteiger partial charge < -0.3 is 10.2 Å². The second-order valence-corrected chi connectivity index (χ2v) is 5.59. The minimum atomic E-state index is 0.251. The summed E-state index contributed by atoms with van der Waals surface area (Å²) in [5.74, 6) is 0.507. The van der Waals surface area contributed by atoms with E-state index in [0.717, 1.165) is 46.5 Å². The predicted molar refractivity (Wildman–Crippen MR) is 82.6 cm³/mol. The predicted octanol–water partition coefficient (Wildman–Crippen LogP) is 2.66. The lowest BCUT2D eigenvalue weighted by Gasteiger charge is -2.17. The number of aryl methyl sites for hydroxylation is 3. The van der Waals surface area contributed by atoms with Gasteiger partial charge in [-0.25, -0.2) is 4.68 Å². The third-order valence-electron chi connectivity index (χ3n) is 4.18. The second-order valence-electron chi connectivity index (χ2n) is 5.59. The van der Waals surface area contributed by atoms with E-state index in [-0.39, 0.29) is 11.5 Å². The minimum absolute atomic E-state index is 0.251. The molecule has 0 unspecified atom stereocenters. The van der Waals surface area contributed by atoms with Crippen molar-refractivity contribution in [3.8, 4) is 34.0 Å². The van der Waals surface area contributed by atoms with Crippen molar-refractivity contribution in [1.82, 2.24) is 15.0 Å². The van der Waals surface area contributed by atoms with Crippen LogP contribution in [0.4, 0.5) is 0 Å². The van der Waals surface area contributed by atoms with Crippen LogP contribution in [0.3, 0.4) is 0 Å². The molecule has 0 saturated carbocycles. The molecule has 0 spiro atoms. The monoisotopic (exact) mass is 293 g/mol. The van der Waals surface area contributed by atoms with Crippen LogP contribution < -0.4 is 0 Å². The lowest BCUT2D eigenvalue weighted by atomic mass is 9.89. The van der Waals surface area contributed by atoms with E-state index in [0.29, 0.717) is 0 Å². The van der Waals surface area contributed by atoms with Crippen molar-refractivity contribution in [3.05, 3.63) is 47.5 Å². The quantitative estimate of drug-likeness (QED) is 0.668. The molecule has 1 heterocycles. The number of hydrogen-bond donors (Lipinski definition) is 2. The first-order valence-corrected chi connectivity index (χ1v) is 7.17. The molecule has 5 heteroatoms. The van der Waals surface area contributed by atoms with Crippen molar-refractivity contribution in [2.24, 2.45) is 7.05 Å². The zero-order valence-electron chi connectivity index (χ0n) is 12.1. The third-order valence-corrected chi connectivity index (χ3v) is 4.18. The van der Waals surface area contributed by atoms with Gasteiger partial charge in [0.05, 0.1) is 5.69 Å². The highest BCUT2D eigenvalue weighted by atomic mass is 16.3. The van der Waals surface area contributed by atoms with E-state index in [9.17, 15) is 10.2 Å². The maximum atomic E-state index is 9.78. The Labute approximate surface area is 127 Å². The number of aromatic nitrogens is 3. The molecule has 3 aromatic rings. The van der Waals surface area contributed by atoms with E-state index < -0.39 is 0 Å². The first kappa shape index (κ1) is 12.9. The fraction of sp³-hybridized carbons (Fsp3) is 0.176. The summed E-state index contributed by atoms with van der Waals surface area (Å²) in [7, 11) is 1.87. The summed E-state index contributed by atoms with van der Waals surface area (Å²) in [4.78, 5) is 0. The molecule has 0 fully saturated rings. The highest BCUT2D eigenvalue weighted by molar-refractivity contribution is 5.82. The van der Waals surface area contributed by atoms with Crippen LogP contribution in [0.15, 0.2) is 36.4 Å². The number of phenols is 2. The standard InChI is InChI=1S/C17H15N3O2/c1-20-17-15-7-5-13(22)9-11(15)3-2-10-8-12(21)4-6-14(10)16(17)18-19-20/h4-9,21-22H,2-3H2,1H3. The largest absolute Gasteiger partial charge is 0.508 e. The van der Waals surface area contributed by atoms with E-state index in [1.807, 2.05) is 19.2 Å². The first-order chi connectivity index (χ1) is 10.6. The Balaban J connectivity index is 2.05. The molecule has 0 saturated heterocycles. The maximum Gasteiger partial charge on any atom is 0.121 e. The molecule has 110 valence electrons. The molecule has 1 aliphatic rings. The average molecular weight is 293 g/mol. The summed E-state index contributed by atoms with van der Waals surface area (Å²) in [5.41, 5.74) is 5.88. The van der Waals surface area contributed by atoms with Crippen LogP contribution in [0.5, 0.6) is 11.5 Å². The van der Waals surface area contributed by atoms with Crippen molar-refractivity contribution in [3.63, 3.8) is 0 Å². The minimum Gasteiger partial charge on any atom is -0.508 e. The van der Waals surface area contributed by atoms with Crippen molar-refractivity contribution >= 4 is 0 Å². The number of benzene rings is 2. The van der Waals surface area contributed by atoms with Crippen LogP contribution in [-0.2, 0) is 19.9 Å². The van der Waals surface area contributed by atoms with Gasteiger partial charge in [0.15, 0.2) is 0 Å². The second kappa shape index (κ2) is 4.59. The molecular weight excluding hydrogens is 278 g/mol. The first-order valence-electron chi connectivity index (χ1n) is 7.17. The zero-order chi connectivity index (χ0) is 15.3. The van der Waals surface area contributed by atoms with Crippen molar-refractivity contribution in [2.75, 3.05) is 0 Å². The Kier molecular flexibility index (Phi) is 2.69. The van der Waals surface area contributed by atoms with Gasteiger partial charge in [0.2, 0.25) is 0 Å². The molecule has 2 aromatic carbocycles. The highest BCUT2D eigenvalue weighted by Gasteiger charge is 2.22. The summed E-state index contributed by atoms with van der Waals surface area (Å²) in [6.07, 6.45) is 1.56. The van der Waals surface area contributed by atoms with E-state index in [2.05, 4.69) is 10.3 Å². The Morgan fingerprint density at radius 2 is 1.50 bits per heavy atom. The Morgan fingerprint density at radius 1 is 0.909 bits per heavy atom. The molecule has 1 aromatic heterocycles. The summed E-state index contributed by atoms with van der Waals surface area (Å²) >= 11 is 0. The van der Waals surface area contributed by atoms with E-state index in [1.165, 1.54) is 0 Å². The van der Waals surface area contributed by atoms with E-state index in [4.69, 9.17) is 0 Å². The molecule has 22 heavy (non-hydrogen) atoms. The van der Waals surface area contributed by atoms with Crippen molar-refractivity contribution in [1.29, 1.82) is 0 Å². The Hall–Kier alpha value is -2.82. The normalized spacial score (nSPS) is 12.8. The molecule has 5 nitrogen and oxygen atoms in total. The third kappa shape index (κ3) is 1.86. The lowest BCUT2D eigenvalue weighted by Crippen LogP contribution is -2.04. The number of aromatic hydroxyl groups is 2. The van der Waals surface area contributed by atoms with Gasteiger partial charge in [0, 0.05) is 18.2 Å². The number of fused-ring (bicyclic) bond motifs is 5. The summed E-state index contributed by atoms with van der Waals surface area (Å²) in [5, 5.41) is 28.0. The summed E-state index contributed by atoms with van der Waals surface area (Å²) in [6.45, 7) is 0. The average Bonchev–Trinajstić information content (AvgIpc) is 2.85. The van der Waals surface area contributed by atoms with Crippen LogP contribution in [0.25, 0.3) is 22.5 Å². The maximum absolute atomic E-state index is 9.78. The van der Waals surface area contributed by atoms with Crippen molar-refractivity contribution < 1.29 is 10.2 Å². The van der Waals surface area contributed by atoms with Crippen molar-refractivity contribution in [2.45, 2.75) is 12.8 Å². The molecule has 4 rings (SSSR count). The van der Waals surface area contributed by atoms with Crippen LogP contribution >= 0.6 is 0 Å². The SMILES string of the molecule is Cn1nnc2c1-c1ccc(O)cc1CCc1cc(O)ccc1-2. The highest BCUT2D eigenvalue weighted by Crippen LogP contribution is 2.38. The van der Waals surface area contributed by atoms with Gasteiger partial charge in [-0.05, 0) is 60.4 Å². The van der Waals surface area contributed by atoms with Gasteiger partial charge in [-0.3, -0.25) is 0 Å². The topological polar surface area (TPSA) is 71.2 Å². The molecule has 0 bridgehead atoms. The molecular formula is C17H15N3O2. The molecule has 1 aliphatic carbocycles. The van der Waals surface area contributed by atoms with Gasteiger partial charge in [0.25, 0.3) is 0 Å². The summed E-state index contributed by atoms with van der Waals surface area (Å²) in [6, 6.07) is 10.7. The van der Waals surface area contributed by atoms with Crippen LogP contribution in [-0.4, -0.2) is 25.2 Å². The smallest absolute Gasteiger partial charge is 0.121 e. The zero-order valence-corrected chi connectivity index (χ0v) is 12.1. The molecule has 0 radical (unpaired) electrons. The van der Waals surface area contributed by atoms with Gasteiger partial charge in [-0.15, -0.1) is 5.10 Å². The lowest BCUT2D eigenvalue weighted by molar-refractivity contribution is 0.473. The van der Waals surface area contributed by atoms with Gasteiger partial charge in [-0.1, -0.05) is 5.21 Å². The Morgan fingerprint density at radius 3 is 2.18 bits per heavy atom. The van der Waals surface area contributed by atoms with Gasteiger partial charge in [-0.2, -0.15) is 0 Å². The fourth-order valence-electron chi connectivity index (χ4n) is 3.15. The van der Waals surface area contributed by atoms with Crippen LogP contribution in [0.1, 0.15) is 11.1 Å². The molecule has 0 aliphatic heterocycles. The number of phenolic OH excluding ortho intramolecular Hbond substituents is 2. The van der Waals surface area contributed by atoms with E-state index >= 15 is 0 Å². The fourth-order valence-corrected chi connectivity index (χ4v) is 3.15. The number of hydrogen-bond acceptors (Lipinski definition) is 4. The number of rotatable bonds is 0. The molecule has 0 atom stereocenters. The molecule has 2 N–H and O–H groups in total. The molecule has 0 amide bonds. The number of nitrogens with zero attached hydrogens (tertiary/aromatic N) is 3. The van der Waals surface area contributed by atoms with Gasteiger partial charge in [0.1, 0.15) is 17.2 Å².